The molecule has 1 aromatic heterocycles. The van der Waals surface area contributed by atoms with E-state index in [-0.39, 0.29) is 12.1 Å². The highest BCUT2D eigenvalue weighted by Crippen LogP contribution is 2.08. The molecule has 7 nitrogen and oxygen atoms in total. The second-order valence-electron chi connectivity index (χ2n) is 4.03. The van der Waals surface area contributed by atoms with Gasteiger partial charge in [0.05, 0.1) is 12.8 Å². The molecule has 104 valence electrons. The normalized spacial score (nSPS) is 10.1. The van der Waals surface area contributed by atoms with E-state index in [0.29, 0.717) is 17.8 Å². The first kappa shape index (κ1) is 14.9. The molecule has 1 heterocycles. The number of rotatable bonds is 4. The van der Waals surface area contributed by atoms with E-state index >= 15 is 0 Å². The Hall–Kier alpha value is -2.18. The zero-order valence-corrected chi connectivity index (χ0v) is 11.4. The third kappa shape index (κ3) is 3.18. The van der Waals surface area contributed by atoms with E-state index < -0.39 is 17.4 Å². The first-order valence-corrected chi connectivity index (χ1v) is 5.84. The number of hydrogen-bond donors (Lipinski definition) is 1. The Morgan fingerprint density at radius 3 is 2.53 bits per heavy atom. The van der Waals surface area contributed by atoms with E-state index in [4.69, 9.17) is 0 Å². The van der Waals surface area contributed by atoms with Crippen LogP contribution in [0.4, 0.5) is 0 Å². The molecule has 1 aromatic rings. The number of carbonyl (C=O) groups is 2. The summed E-state index contributed by atoms with van der Waals surface area (Å²) in [6.07, 6.45) is 0. The Balaban J connectivity index is 3.15. The molecule has 0 saturated carbocycles. The van der Waals surface area contributed by atoms with Gasteiger partial charge in [0.1, 0.15) is 12.1 Å². The topological polar surface area (TPSA) is 92.4 Å². The average Bonchev–Trinajstić information content (AvgIpc) is 2.40. The smallest absolute Gasteiger partial charge is 0.325 e. The van der Waals surface area contributed by atoms with Crippen molar-refractivity contribution in [2.24, 2.45) is 0 Å². The summed E-state index contributed by atoms with van der Waals surface area (Å²) in [4.78, 5) is 36.5. The lowest BCUT2D eigenvalue weighted by atomic mass is 10.1. The van der Waals surface area contributed by atoms with Crippen molar-refractivity contribution < 1.29 is 14.3 Å². The number of aromatic amines is 1. The van der Waals surface area contributed by atoms with Crippen LogP contribution in [0.5, 0.6) is 0 Å². The molecule has 0 unspecified atom stereocenters. The molecule has 7 heteroatoms. The predicted molar refractivity (Wildman–Crippen MR) is 67.9 cm³/mol. The van der Waals surface area contributed by atoms with E-state index in [2.05, 4.69) is 14.9 Å². The van der Waals surface area contributed by atoms with Crippen molar-refractivity contribution in [1.29, 1.82) is 0 Å². The van der Waals surface area contributed by atoms with Crippen molar-refractivity contribution in [2.75, 3.05) is 20.2 Å². The molecule has 19 heavy (non-hydrogen) atoms. The van der Waals surface area contributed by atoms with Crippen LogP contribution < -0.4 is 5.56 Å². The molecular formula is C12H17N3O4. The van der Waals surface area contributed by atoms with Gasteiger partial charge in [-0.15, -0.1) is 0 Å². The SMILES string of the molecule is CCN(CC(=O)OC)C(=O)c1c(C)c(C)n[nH]c1=O. The second kappa shape index (κ2) is 6.12. The standard InChI is InChI=1S/C12H17N3O4/c1-5-15(6-9(16)19-4)12(18)10-7(2)8(3)13-14-11(10)17/h5-6H2,1-4H3,(H,14,17). The molecule has 0 spiro atoms. The van der Waals surface area contributed by atoms with Gasteiger partial charge < -0.3 is 9.64 Å². The maximum Gasteiger partial charge on any atom is 0.325 e. The van der Waals surface area contributed by atoms with Gasteiger partial charge in [0.25, 0.3) is 11.5 Å². The summed E-state index contributed by atoms with van der Waals surface area (Å²) in [6.45, 7) is 5.17. The van der Waals surface area contributed by atoms with Crippen LogP contribution in [0.15, 0.2) is 4.79 Å². The number of nitrogens with zero attached hydrogens (tertiary/aromatic N) is 2. The predicted octanol–water partition coefficient (Wildman–Crippen LogP) is 0.0218. The number of carbonyl (C=O) groups excluding carboxylic acids is 2. The summed E-state index contributed by atoms with van der Waals surface area (Å²) >= 11 is 0. The molecule has 1 N–H and O–H groups in total. The zero-order valence-electron chi connectivity index (χ0n) is 11.4. The first-order chi connectivity index (χ1) is 8.92. The Bertz CT molecular complexity index is 550. The van der Waals surface area contributed by atoms with Crippen LogP contribution in [0.3, 0.4) is 0 Å². The van der Waals surface area contributed by atoms with Gasteiger partial charge in [0, 0.05) is 6.54 Å². The summed E-state index contributed by atoms with van der Waals surface area (Å²) in [7, 11) is 1.25. The molecule has 0 aliphatic rings. The molecule has 0 fully saturated rings. The monoisotopic (exact) mass is 267 g/mol. The number of nitrogens with one attached hydrogen (secondary N) is 1. The first-order valence-electron chi connectivity index (χ1n) is 5.84. The van der Waals surface area contributed by atoms with Crippen molar-refractivity contribution >= 4 is 11.9 Å². The average molecular weight is 267 g/mol. The van der Waals surface area contributed by atoms with Crippen molar-refractivity contribution in [3.8, 4) is 0 Å². The number of H-pyrrole nitrogens is 1. The number of esters is 1. The molecule has 0 radical (unpaired) electrons. The van der Waals surface area contributed by atoms with Gasteiger partial charge in [-0.2, -0.15) is 5.10 Å². The summed E-state index contributed by atoms with van der Waals surface area (Å²) < 4.78 is 4.52. The van der Waals surface area contributed by atoms with Crippen LogP contribution in [0.1, 0.15) is 28.5 Å². The molecule has 0 atom stereocenters. The molecular weight excluding hydrogens is 250 g/mol. The van der Waals surface area contributed by atoms with E-state index in [1.807, 2.05) is 0 Å². The van der Waals surface area contributed by atoms with Crippen molar-refractivity contribution in [2.45, 2.75) is 20.8 Å². The maximum absolute atomic E-state index is 12.3. The maximum atomic E-state index is 12.3. The van der Waals surface area contributed by atoms with Crippen LogP contribution in [-0.4, -0.2) is 47.2 Å². The number of aryl methyl sites for hydroxylation is 1. The number of ether oxygens (including phenoxy) is 1. The van der Waals surface area contributed by atoms with Gasteiger partial charge in [0.15, 0.2) is 0 Å². The highest BCUT2D eigenvalue weighted by Gasteiger charge is 2.23. The molecule has 1 amide bonds. The van der Waals surface area contributed by atoms with Crippen LogP contribution in [0.2, 0.25) is 0 Å². The van der Waals surface area contributed by atoms with E-state index in [1.165, 1.54) is 12.0 Å². The Kier molecular flexibility index (Phi) is 4.80. The largest absolute Gasteiger partial charge is 0.468 e. The Morgan fingerprint density at radius 2 is 2.00 bits per heavy atom. The highest BCUT2D eigenvalue weighted by atomic mass is 16.5. The molecule has 0 bridgehead atoms. The van der Waals surface area contributed by atoms with Crippen molar-refractivity contribution in [3.05, 3.63) is 27.2 Å². The summed E-state index contributed by atoms with van der Waals surface area (Å²) in [5.74, 6) is -1.03. The third-order valence-corrected chi connectivity index (χ3v) is 2.90. The fraction of sp³-hybridized carbons (Fsp3) is 0.500. The lowest BCUT2D eigenvalue weighted by Crippen LogP contribution is -2.39. The minimum atomic E-state index is -0.559. The molecule has 0 aromatic carbocycles. The summed E-state index contributed by atoms with van der Waals surface area (Å²) in [6, 6.07) is 0. The van der Waals surface area contributed by atoms with Crippen LogP contribution in [0, 0.1) is 13.8 Å². The minimum Gasteiger partial charge on any atom is -0.468 e. The fourth-order valence-electron chi connectivity index (χ4n) is 1.59. The number of hydrogen-bond acceptors (Lipinski definition) is 5. The molecule has 0 aliphatic carbocycles. The van der Waals surface area contributed by atoms with E-state index in [9.17, 15) is 14.4 Å². The van der Waals surface area contributed by atoms with Gasteiger partial charge in [-0.3, -0.25) is 14.4 Å². The number of amides is 1. The van der Waals surface area contributed by atoms with Gasteiger partial charge in [0.2, 0.25) is 0 Å². The van der Waals surface area contributed by atoms with Gasteiger partial charge in [-0.1, -0.05) is 0 Å². The van der Waals surface area contributed by atoms with E-state index in [0.717, 1.165) is 0 Å². The minimum absolute atomic E-state index is 0.0123. The Labute approximate surface area is 110 Å². The van der Waals surface area contributed by atoms with Crippen LogP contribution in [0.25, 0.3) is 0 Å². The molecule has 1 rings (SSSR count). The third-order valence-electron chi connectivity index (χ3n) is 2.90. The Morgan fingerprint density at radius 1 is 1.37 bits per heavy atom. The number of aromatic nitrogens is 2. The lowest BCUT2D eigenvalue weighted by Gasteiger charge is -2.20. The number of methoxy groups -OCH3 is 1. The lowest BCUT2D eigenvalue weighted by molar-refractivity contribution is -0.141. The van der Waals surface area contributed by atoms with Crippen LogP contribution >= 0.6 is 0 Å². The quantitative estimate of drug-likeness (QED) is 0.776. The van der Waals surface area contributed by atoms with Gasteiger partial charge >= 0.3 is 5.97 Å². The van der Waals surface area contributed by atoms with E-state index in [1.54, 1.807) is 20.8 Å². The van der Waals surface area contributed by atoms with Crippen molar-refractivity contribution in [3.63, 3.8) is 0 Å². The zero-order chi connectivity index (χ0) is 14.6. The fourth-order valence-corrected chi connectivity index (χ4v) is 1.59. The molecule has 0 aliphatic heterocycles. The summed E-state index contributed by atoms with van der Waals surface area (Å²) in [5, 5.41) is 6.05. The van der Waals surface area contributed by atoms with Crippen molar-refractivity contribution in [1.82, 2.24) is 15.1 Å². The molecule has 0 saturated heterocycles. The highest BCUT2D eigenvalue weighted by molar-refractivity contribution is 5.97. The summed E-state index contributed by atoms with van der Waals surface area (Å²) in [5.41, 5.74) is 0.531. The van der Waals surface area contributed by atoms with Gasteiger partial charge in [-0.05, 0) is 26.3 Å². The van der Waals surface area contributed by atoms with Gasteiger partial charge in [-0.25, -0.2) is 5.10 Å². The second-order valence-corrected chi connectivity index (χ2v) is 4.03. The number of likely N-dealkylation sites (N-methyl/N-ethyl adjacent to an activating group) is 1. The van der Waals surface area contributed by atoms with Crippen LogP contribution in [-0.2, 0) is 9.53 Å².